The van der Waals surface area contributed by atoms with E-state index in [2.05, 4.69) is 15.9 Å². The van der Waals surface area contributed by atoms with Gasteiger partial charge in [0.1, 0.15) is 11.6 Å². The molecule has 0 spiro atoms. The summed E-state index contributed by atoms with van der Waals surface area (Å²) in [5, 5.41) is 0. The van der Waals surface area contributed by atoms with Crippen molar-refractivity contribution in [1.82, 2.24) is 0 Å². The van der Waals surface area contributed by atoms with Crippen molar-refractivity contribution in [3.8, 4) is 0 Å². The van der Waals surface area contributed by atoms with E-state index in [9.17, 15) is 8.78 Å². The van der Waals surface area contributed by atoms with Crippen LogP contribution < -0.4 is 5.73 Å². The normalized spacial score (nSPS) is 14.3. The van der Waals surface area contributed by atoms with Gasteiger partial charge < -0.3 is 5.73 Å². The zero-order chi connectivity index (χ0) is 13.3. The Balaban J connectivity index is 2.61. The molecule has 1 nitrogen and oxygen atoms in total. The fourth-order valence-electron chi connectivity index (χ4n) is 1.92. The van der Waals surface area contributed by atoms with Crippen molar-refractivity contribution in [2.24, 2.45) is 5.73 Å². The van der Waals surface area contributed by atoms with Crippen LogP contribution in [0.4, 0.5) is 8.78 Å². The van der Waals surface area contributed by atoms with Gasteiger partial charge in [0.2, 0.25) is 0 Å². The van der Waals surface area contributed by atoms with E-state index in [0.717, 1.165) is 22.7 Å². The highest BCUT2D eigenvalue weighted by Crippen LogP contribution is 2.33. The van der Waals surface area contributed by atoms with E-state index >= 15 is 0 Å². The molecule has 0 heterocycles. The average molecular weight is 312 g/mol. The van der Waals surface area contributed by atoms with Crippen molar-refractivity contribution in [1.29, 1.82) is 0 Å². The number of halogens is 3. The lowest BCUT2D eigenvalue weighted by Crippen LogP contribution is -2.35. The number of hydrogen-bond acceptors (Lipinski definition) is 1. The van der Waals surface area contributed by atoms with Crippen LogP contribution in [0.5, 0.6) is 0 Å². The van der Waals surface area contributed by atoms with Gasteiger partial charge in [-0.15, -0.1) is 0 Å². The quantitative estimate of drug-likeness (QED) is 0.893. The molecule has 94 valence electrons. The zero-order valence-corrected chi connectivity index (χ0v) is 11.3. The molecule has 0 aliphatic rings. The summed E-state index contributed by atoms with van der Waals surface area (Å²) >= 11 is 3.38. The summed E-state index contributed by atoms with van der Waals surface area (Å²) in [6, 6.07) is 10.6. The summed E-state index contributed by atoms with van der Waals surface area (Å²) in [6.45, 7) is 1.66. The second-order valence-corrected chi connectivity index (χ2v) is 5.16. The van der Waals surface area contributed by atoms with Gasteiger partial charge in [-0.1, -0.05) is 34.1 Å². The monoisotopic (exact) mass is 311 g/mol. The molecular formula is C14H12BrF2N. The molecule has 0 aromatic heterocycles. The van der Waals surface area contributed by atoms with Gasteiger partial charge in [-0.05, 0) is 36.8 Å². The molecule has 0 amide bonds. The van der Waals surface area contributed by atoms with Crippen LogP contribution >= 0.6 is 15.9 Å². The Bertz CT molecular complexity index is 582. The van der Waals surface area contributed by atoms with E-state index in [1.807, 2.05) is 18.2 Å². The molecule has 2 aromatic rings. The van der Waals surface area contributed by atoms with Gasteiger partial charge in [0.15, 0.2) is 0 Å². The minimum absolute atomic E-state index is 0.134. The van der Waals surface area contributed by atoms with Crippen LogP contribution in [0.2, 0.25) is 0 Å². The largest absolute Gasteiger partial charge is 0.318 e. The molecule has 0 fully saturated rings. The highest BCUT2D eigenvalue weighted by Gasteiger charge is 2.29. The van der Waals surface area contributed by atoms with Crippen molar-refractivity contribution in [3.63, 3.8) is 0 Å². The van der Waals surface area contributed by atoms with E-state index in [-0.39, 0.29) is 5.56 Å². The van der Waals surface area contributed by atoms with E-state index in [1.165, 1.54) is 0 Å². The standard InChI is InChI=1S/C14H12BrF2N/c1-14(18,10-4-2-3-5-12(10)15)11-8-9(16)6-7-13(11)17/h2-8H,18H2,1H3. The Labute approximate surface area is 113 Å². The lowest BCUT2D eigenvalue weighted by Gasteiger charge is -2.27. The molecule has 1 unspecified atom stereocenters. The predicted octanol–water partition coefficient (Wildman–Crippen LogP) is 3.95. The second kappa shape index (κ2) is 4.78. The van der Waals surface area contributed by atoms with Crippen molar-refractivity contribution in [2.45, 2.75) is 12.5 Å². The van der Waals surface area contributed by atoms with Gasteiger partial charge in [0.25, 0.3) is 0 Å². The summed E-state index contributed by atoms with van der Waals surface area (Å²) < 4.78 is 27.8. The molecule has 0 saturated carbocycles. The van der Waals surface area contributed by atoms with Gasteiger partial charge in [-0.2, -0.15) is 0 Å². The third kappa shape index (κ3) is 2.31. The summed E-state index contributed by atoms with van der Waals surface area (Å²) in [5.41, 5.74) is 5.93. The first-order chi connectivity index (χ1) is 8.43. The van der Waals surface area contributed by atoms with Gasteiger partial charge >= 0.3 is 0 Å². The van der Waals surface area contributed by atoms with Gasteiger partial charge in [-0.3, -0.25) is 0 Å². The van der Waals surface area contributed by atoms with E-state index in [4.69, 9.17) is 5.73 Å². The van der Waals surface area contributed by atoms with Crippen LogP contribution in [-0.4, -0.2) is 0 Å². The zero-order valence-electron chi connectivity index (χ0n) is 9.75. The molecule has 4 heteroatoms. The third-order valence-electron chi connectivity index (χ3n) is 2.92. The molecule has 1 atom stereocenters. The molecular weight excluding hydrogens is 300 g/mol. The number of nitrogens with two attached hydrogens (primary N) is 1. The minimum Gasteiger partial charge on any atom is -0.318 e. The first kappa shape index (κ1) is 13.2. The Morgan fingerprint density at radius 3 is 2.39 bits per heavy atom. The van der Waals surface area contributed by atoms with Crippen LogP contribution in [0.15, 0.2) is 46.9 Å². The first-order valence-electron chi connectivity index (χ1n) is 5.42. The summed E-state index contributed by atoms with van der Waals surface area (Å²) in [6.07, 6.45) is 0. The topological polar surface area (TPSA) is 26.0 Å². The molecule has 18 heavy (non-hydrogen) atoms. The Kier molecular flexibility index (Phi) is 3.50. The molecule has 0 radical (unpaired) electrons. The Morgan fingerprint density at radius 2 is 1.72 bits per heavy atom. The van der Waals surface area contributed by atoms with Crippen molar-refractivity contribution < 1.29 is 8.78 Å². The van der Waals surface area contributed by atoms with Gasteiger partial charge in [-0.25, -0.2) is 8.78 Å². The van der Waals surface area contributed by atoms with Crippen LogP contribution in [0.1, 0.15) is 18.1 Å². The number of benzene rings is 2. The first-order valence-corrected chi connectivity index (χ1v) is 6.21. The highest BCUT2D eigenvalue weighted by molar-refractivity contribution is 9.10. The van der Waals surface area contributed by atoms with Crippen molar-refractivity contribution in [3.05, 3.63) is 69.7 Å². The maximum absolute atomic E-state index is 13.8. The number of rotatable bonds is 2. The lowest BCUT2D eigenvalue weighted by atomic mass is 9.85. The fourth-order valence-corrected chi connectivity index (χ4v) is 2.62. The van der Waals surface area contributed by atoms with Gasteiger partial charge in [0.05, 0.1) is 5.54 Å². The minimum atomic E-state index is -1.10. The molecule has 0 saturated heterocycles. The molecule has 2 N–H and O–H groups in total. The average Bonchev–Trinajstić information content (AvgIpc) is 2.32. The molecule has 0 aliphatic heterocycles. The predicted molar refractivity (Wildman–Crippen MR) is 71.1 cm³/mol. The molecule has 2 rings (SSSR count). The van der Waals surface area contributed by atoms with Crippen molar-refractivity contribution in [2.75, 3.05) is 0 Å². The van der Waals surface area contributed by atoms with E-state index < -0.39 is 17.2 Å². The molecule has 2 aromatic carbocycles. The van der Waals surface area contributed by atoms with Crippen LogP contribution in [0.3, 0.4) is 0 Å². The van der Waals surface area contributed by atoms with Crippen LogP contribution in [0, 0.1) is 11.6 Å². The number of hydrogen-bond donors (Lipinski definition) is 1. The SMILES string of the molecule is CC(N)(c1cc(F)ccc1F)c1ccccc1Br. The Morgan fingerprint density at radius 1 is 1.06 bits per heavy atom. The summed E-state index contributed by atoms with van der Waals surface area (Å²) in [4.78, 5) is 0. The molecule has 0 bridgehead atoms. The van der Waals surface area contributed by atoms with E-state index in [0.29, 0.717) is 5.56 Å². The summed E-state index contributed by atoms with van der Waals surface area (Å²) in [7, 11) is 0. The second-order valence-electron chi connectivity index (χ2n) is 4.31. The van der Waals surface area contributed by atoms with E-state index in [1.54, 1.807) is 13.0 Å². The highest BCUT2D eigenvalue weighted by atomic mass is 79.9. The lowest BCUT2D eigenvalue weighted by molar-refractivity contribution is 0.517. The molecule has 0 aliphatic carbocycles. The Hall–Kier alpha value is -1.26. The summed E-state index contributed by atoms with van der Waals surface area (Å²) in [5.74, 6) is -1.02. The van der Waals surface area contributed by atoms with Gasteiger partial charge in [0, 0.05) is 10.0 Å². The van der Waals surface area contributed by atoms with Crippen LogP contribution in [0.25, 0.3) is 0 Å². The van der Waals surface area contributed by atoms with Crippen molar-refractivity contribution >= 4 is 15.9 Å². The third-order valence-corrected chi connectivity index (χ3v) is 3.61. The van der Waals surface area contributed by atoms with Crippen LogP contribution in [-0.2, 0) is 5.54 Å². The smallest absolute Gasteiger partial charge is 0.128 e. The fraction of sp³-hybridized carbons (Fsp3) is 0.143. The maximum Gasteiger partial charge on any atom is 0.128 e. The maximum atomic E-state index is 13.8.